The van der Waals surface area contributed by atoms with E-state index >= 15 is 0 Å². The molecule has 146 valence electrons. The predicted molar refractivity (Wildman–Crippen MR) is 104 cm³/mol. The van der Waals surface area contributed by atoms with Crippen LogP contribution in [0.3, 0.4) is 0 Å². The number of rotatable bonds is 4. The van der Waals surface area contributed by atoms with Gasteiger partial charge in [0.2, 0.25) is 0 Å². The molecule has 2 atom stereocenters. The summed E-state index contributed by atoms with van der Waals surface area (Å²) in [6.45, 7) is 1.73. The molecule has 1 N–H and O–H groups in total. The fourth-order valence-corrected chi connectivity index (χ4v) is 4.39. The topological polar surface area (TPSA) is 75.7 Å². The van der Waals surface area contributed by atoms with Gasteiger partial charge in [0.25, 0.3) is 5.91 Å². The Labute approximate surface area is 163 Å². The molecule has 3 amide bonds. The number of nitrogens with one attached hydrogen (secondary N) is 1. The summed E-state index contributed by atoms with van der Waals surface area (Å²) in [5, 5.41) is 4.94. The van der Waals surface area contributed by atoms with Crippen LogP contribution in [0.4, 0.5) is 4.79 Å². The molecule has 2 aromatic carbocycles. The highest BCUT2D eigenvalue weighted by molar-refractivity contribution is 6.09. The van der Waals surface area contributed by atoms with Gasteiger partial charge in [0.1, 0.15) is 18.7 Å². The van der Waals surface area contributed by atoms with Crippen LogP contribution in [0.25, 0.3) is 10.8 Å². The van der Waals surface area contributed by atoms with Crippen LogP contribution < -0.4 is 5.32 Å². The van der Waals surface area contributed by atoms with Crippen molar-refractivity contribution in [3.63, 3.8) is 0 Å². The molecule has 2 aliphatic rings. The summed E-state index contributed by atoms with van der Waals surface area (Å²) in [7, 11) is 0. The summed E-state index contributed by atoms with van der Waals surface area (Å²) in [5.41, 5.74) is 0.0339. The van der Waals surface area contributed by atoms with E-state index in [0.29, 0.717) is 6.42 Å². The Bertz CT molecular complexity index is 936. The van der Waals surface area contributed by atoms with Crippen LogP contribution in [0, 0.1) is 5.92 Å². The monoisotopic (exact) mass is 380 g/mol. The number of esters is 1. The molecule has 6 heteroatoms. The van der Waals surface area contributed by atoms with E-state index in [1.165, 1.54) is 0 Å². The number of carbonyl (C=O) groups is 3. The Morgan fingerprint density at radius 2 is 1.96 bits per heavy atom. The second-order valence-electron chi connectivity index (χ2n) is 7.74. The lowest BCUT2D eigenvalue weighted by molar-refractivity contribution is -0.149. The van der Waals surface area contributed by atoms with E-state index in [1.54, 1.807) is 0 Å². The molecule has 4 rings (SSSR count). The van der Waals surface area contributed by atoms with E-state index in [-0.39, 0.29) is 25.0 Å². The zero-order valence-corrected chi connectivity index (χ0v) is 15.9. The molecule has 1 saturated heterocycles. The zero-order chi connectivity index (χ0) is 19.7. The normalized spacial score (nSPS) is 24.6. The third-order valence-corrected chi connectivity index (χ3v) is 6.06. The fraction of sp³-hybridized carbons (Fsp3) is 0.409. The Balaban J connectivity index is 1.42. The summed E-state index contributed by atoms with van der Waals surface area (Å²) < 4.78 is 5.38. The van der Waals surface area contributed by atoms with E-state index in [1.807, 2.05) is 49.4 Å². The SMILES string of the molecule is CC1CCCCC12NC(=O)N(CC(=O)OCc1cccc3ccccc13)C2=O. The molecule has 1 heterocycles. The van der Waals surface area contributed by atoms with Crippen LogP contribution in [0.1, 0.15) is 38.2 Å². The van der Waals surface area contributed by atoms with E-state index in [0.717, 1.165) is 40.5 Å². The average Bonchev–Trinajstić information content (AvgIpc) is 2.93. The fourth-order valence-electron chi connectivity index (χ4n) is 4.39. The molecule has 2 aromatic rings. The first-order valence-corrected chi connectivity index (χ1v) is 9.77. The number of carbonyl (C=O) groups excluding carboxylic acids is 3. The maximum Gasteiger partial charge on any atom is 0.326 e. The number of amides is 3. The standard InChI is InChI=1S/C22H24N2O4/c1-15-7-4-5-12-22(15)20(26)24(21(27)23-22)13-19(25)28-14-17-10-6-9-16-8-2-3-11-18(16)17/h2-3,6,8-11,15H,4-5,7,12-14H2,1H3,(H,23,27). The summed E-state index contributed by atoms with van der Waals surface area (Å²) in [6.07, 6.45) is 3.47. The van der Waals surface area contributed by atoms with Gasteiger partial charge in [0.05, 0.1) is 0 Å². The molecule has 2 unspecified atom stereocenters. The Morgan fingerprint density at radius 1 is 1.18 bits per heavy atom. The van der Waals surface area contributed by atoms with Gasteiger partial charge >= 0.3 is 12.0 Å². The van der Waals surface area contributed by atoms with Crippen LogP contribution in [0.2, 0.25) is 0 Å². The van der Waals surface area contributed by atoms with Gasteiger partial charge < -0.3 is 10.1 Å². The predicted octanol–water partition coefficient (Wildman–Crippen LogP) is 3.38. The number of urea groups is 1. The molecule has 0 radical (unpaired) electrons. The van der Waals surface area contributed by atoms with Crippen molar-refractivity contribution in [2.24, 2.45) is 5.92 Å². The Kier molecular flexibility index (Phi) is 4.79. The van der Waals surface area contributed by atoms with Gasteiger partial charge in [0.15, 0.2) is 0 Å². The maximum atomic E-state index is 12.9. The van der Waals surface area contributed by atoms with Crippen LogP contribution in [-0.4, -0.2) is 34.9 Å². The lowest BCUT2D eigenvalue weighted by Gasteiger charge is -2.36. The van der Waals surface area contributed by atoms with Gasteiger partial charge in [-0.3, -0.25) is 14.5 Å². The Hall–Kier alpha value is -2.89. The van der Waals surface area contributed by atoms with Crippen molar-refractivity contribution >= 4 is 28.7 Å². The highest BCUT2D eigenvalue weighted by atomic mass is 16.5. The molecule has 28 heavy (non-hydrogen) atoms. The number of ether oxygens (including phenoxy) is 1. The average molecular weight is 380 g/mol. The minimum absolute atomic E-state index is 0.0643. The minimum Gasteiger partial charge on any atom is -0.459 e. The minimum atomic E-state index is -0.856. The lowest BCUT2D eigenvalue weighted by Crippen LogP contribution is -2.54. The van der Waals surface area contributed by atoms with E-state index in [2.05, 4.69) is 5.32 Å². The number of nitrogens with zero attached hydrogens (tertiary/aromatic N) is 1. The molecular weight excluding hydrogens is 356 g/mol. The van der Waals surface area contributed by atoms with Crippen molar-refractivity contribution < 1.29 is 19.1 Å². The van der Waals surface area contributed by atoms with Gasteiger partial charge in [-0.1, -0.05) is 62.2 Å². The number of hydrogen-bond acceptors (Lipinski definition) is 4. The second kappa shape index (κ2) is 7.26. The number of fused-ring (bicyclic) bond motifs is 1. The molecule has 1 aliphatic carbocycles. The van der Waals surface area contributed by atoms with Crippen LogP contribution >= 0.6 is 0 Å². The first kappa shape index (κ1) is 18.5. The molecule has 0 aromatic heterocycles. The number of hydrogen-bond donors (Lipinski definition) is 1. The highest BCUT2D eigenvalue weighted by Crippen LogP contribution is 2.38. The molecular formula is C22H24N2O4. The van der Waals surface area contributed by atoms with Crippen molar-refractivity contribution in [2.45, 2.75) is 44.8 Å². The van der Waals surface area contributed by atoms with E-state index < -0.39 is 17.5 Å². The highest BCUT2D eigenvalue weighted by Gasteiger charge is 2.55. The van der Waals surface area contributed by atoms with Crippen LogP contribution in [0.5, 0.6) is 0 Å². The number of benzene rings is 2. The molecule has 2 fully saturated rings. The van der Waals surface area contributed by atoms with E-state index in [4.69, 9.17) is 4.74 Å². The van der Waals surface area contributed by atoms with Gasteiger partial charge in [-0.2, -0.15) is 0 Å². The molecule has 6 nitrogen and oxygen atoms in total. The van der Waals surface area contributed by atoms with Crippen molar-refractivity contribution in [2.75, 3.05) is 6.54 Å². The van der Waals surface area contributed by atoms with Gasteiger partial charge in [-0.25, -0.2) is 4.79 Å². The van der Waals surface area contributed by atoms with Crippen molar-refractivity contribution in [3.8, 4) is 0 Å². The molecule has 1 saturated carbocycles. The van der Waals surface area contributed by atoms with Crippen LogP contribution in [0.15, 0.2) is 42.5 Å². The van der Waals surface area contributed by atoms with Gasteiger partial charge in [-0.15, -0.1) is 0 Å². The molecule has 1 spiro atoms. The zero-order valence-electron chi connectivity index (χ0n) is 15.9. The summed E-state index contributed by atoms with van der Waals surface area (Å²) in [5.74, 6) is -0.821. The second-order valence-corrected chi connectivity index (χ2v) is 7.74. The van der Waals surface area contributed by atoms with Gasteiger partial charge in [0, 0.05) is 0 Å². The van der Waals surface area contributed by atoms with E-state index in [9.17, 15) is 14.4 Å². The summed E-state index contributed by atoms with van der Waals surface area (Å²) >= 11 is 0. The van der Waals surface area contributed by atoms with Crippen molar-refractivity contribution in [1.29, 1.82) is 0 Å². The smallest absolute Gasteiger partial charge is 0.326 e. The first-order chi connectivity index (χ1) is 13.5. The largest absolute Gasteiger partial charge is 0.459 e. The quantitative estimate of drug-likeness (QED) is 0.652. The summed E-state index contributed by atoms with van der Waals surface area (Å²) in [6, 6.07) is 13.2. The molecule has 0 bridgehead atoms. The lowest BCUT2D eigenvalue weighted by atomic mass is 9.73. The number of imide groups is 1. The third-order valence-electron chi connectivity index (χ3n) is 6.06. The summed E-state index contributed by atoms with van der Waals surface area (Å²) in [4.78, 5) is 38.7. The van der Waals surface area contributed by atoms with Crippen LogP contribution in [-0.2, 0) is 20.9 Å². The third kappa shape index (κ3) is 3.13. The van der Waals surface area contributed by atoms with Crippen molar-refractivity contribution in [3.05, 3.63) is 48.0 Å². The van der Waals surface area contributed by atoms with Crippen molar-refractivity contribution in [1.82, 2.24) is 10.2 Å². The van der Waals surface area contributed by atoms with Gasteiger partial charge in [-0.05, 0) is 35.1 Å². The molecule has 1 aliphatic heterocycles. The first-order valence-electron chi connectivity index (χ1n) is 9.77. The Morgan fingerprint density at radius 3 is 2.79 bits per heavy atom. The maximum absolute atomic E-state index is 12.9.